The van der Waals surface area contributed by atoms with Gasteiger partial charge in [-0.15, -0.1) is 11.3 Å². The lowest BCUT2D eigenvalue weighted by molar-refractivity contribution is 0.0954. The van der Waals surface area contributed by atoms with Crippen molar-refractivity contribution in [3.05, 3.63) is 97.4 Å². The number of nitrogens with one attached hydrogen (secondary N) is 1. The summed E-state index contributed by atoms with van der Waals surface area (Å²) < 4.78 is 25.7. The number of hydrogen-bond acceptors (Lipinski definition) is 7. The molecular weight excluding hydrogens is 464 g/mol. The number of aromatic nitrogens is 3. The van der Waals surface area contributed by atoms with Crippen molar-refractivity contribution in [2.24, 2.45) is 0 Å². The number of amides is 1. The van der Waals surface area contributed by atoms with Gasteiger partial charge < -0.3 is 5.32 Å². The fourth-order valence-electron chi connectivity index (χ4n) is 3.30. The normalized spacial score (nSPS) is 11.6. The summed E-state index contributed by atoms with van der Waals surface area (Å²) in [7, 11) is -3.35. The number of pyridine rings is 1. The summed E-state index contributed by atoms with van der Waals surface area (Å²) in [5.74, 6) is -0.352. The first kappa shape index (κ1) is 22.6. The molecule has 0 aliphatic carbocycles. The molecule has 9 nitrogen and oxygen atoms in total. The Morgan fingerprint density at radius 2 is 1.73 bits per heavy atom. The minimum atomic E-state index is -3.35. The maximum absolute atomic E-state index is 13.0. The lowest BCUT2D eigenvalue weighted by atomic mass is 10.2. The van der Waals surface area contributed by atoms with Crippen LogP contribution in [0.15, 0.2) is 69.5 Å². The van der Waals surface area contributed by atoms with E-state index in [1.807, 2.05) is 0 Å². The van der Waals surface area contributed by atoms with Crippen LogP contribution in [0.5, 0.6) is 0 Å². The molecule has 0 spiro atoms. The monoisotopic (exact) mass is 484 g/mol. The number of benzene rings is 1. The van der Waals surface area contributed by atoms with Crippen LogP contribution < -0.4 is 16.6 Å². The van der Waals surface area contributed by atoms with E-state index >= 15 is 0 Å². The van der Waals surface area contributed by atoms with Crippen LogP contribution in [-0.4, -0.2) is 34.5 Å². The molecule has 0 saturated heterocycles. The Labute approximate surface area is 192 Å². The van der Waals surface area contributed by atoms with Crippen molar-refractivity contribution in [2.45, 2.75) is 24.9 Å². The summed E-state index contributed by atoms with van der Waals surface area (Å²) in [6, 6.07) is 9.59. The molecule has 170 valence electrons. The second-order valence-electron chi connectivity index (χ2n) is 7.52. The van der Waals surface area contributed by atoms with Crippen LogP contribution in [0, 0.1) is 6.92 Å². The Morgan fingerprint density at radius 1 is 1.06 bits per heavy atom. The predicted molar refractivity (Wildman–Crippen MR) is 125 cm³/mol. The quantitative estimate of drug-likeness (QED) is 0.444. The molecule has 0 unspecified atom stereocenters. The molecule has 3 aromatic heterocycles. The van der Waals surface area contributed by atoms with Crippen LogP contribution in [0.2, 0.25) is 0 Å². The fraction of sp³-hybridized carbons (Fsp3) is 0.182. The van der Waals surface area contributed by atoms with Crippen LogP contribution in [0.4, 0.5) is 0 Å². The number of hydrogen-bond donors (Lipinski definition) is 1. The molecule has 11 heteroatoms. The molecule has 1 amide bonds. The van der Waals surface area contributed by atoms with Crippen molar-refractivity contribution in [3.8, 4) is 0 Å². The van der Waals surface area contributed by atoms with Gasteiger partial charge in [0.2, 0.25) is 0 Å². The van der Waals surface area contributed by atoms with Gasteiger partial charge in [0.05, 0.1) is 11.4 Å². The maximum atomic E-state index is 13.0. The minimum Gasteiger partial charge on any atom is -0.347 e. The Morgan fingerprint density at radius 3 is 2.36 bits per heavy atom. The van der Waals surface area contributed by atoms with Gasteiger partial charge in [0.15, 0.2) is 9.84 Å². The van der Waals surface area contributed by atoms with Gasteiger partial charge in [-0.05, 0) is 42.3 Å². The van der Waals surface area contributed by atoms with E-state index in [9.17, 15) is 22.8 Å². The first-order chi connectivity index (χ1) is 15.6. The summed E-state index contributed by atoms with van der Waals surface area (Å²) in [6.07, 6.45) is 5.80. The standard InChI is InChI=1S/C22H20N4O5S2/c1-14-20(28)25(12-16-3-5-17(6-4-16)33(2,30)31)22(29)26-13-18(32-21(14)26)19(27)24-11-15-7-9-23-10-8-15/h3-10,13H,11-12H2,1-2H3,(H,24,27). The lowest BCUT2D eigenvalue weighted by Crippen LogP contribution is -2.38. The molecular formula is C22H20N4O5S2. The molecule has 1 N–H and O–H groups in total. The van der Waals surface area contributed by atoms with Crippen molar-refractivity contribution < 1.29 is 13.2 Å². The zero-order chi connectivity index (χ0) is 23.8. The van der Waals surface area contributed by atoms with E-state index in [0.717, 1.165) is 27.7 Å². The van der Waals surface area contributed by atoms with E-state index in [2.05, 4.69) is 10.3 Å². The second kappa shape index (κ2) is 8.75. The highest BCUT2D eigenvalue weighted by Gasteiger charge is 2.18. The molecule has 4 rings (SSSR count). The van der Waals surface area contributed by atoms with Gasteiger partial charge in [-0.1, -0.05) is 12.1 Å². The van der Waals surface area contributed by atoms with E-state index < -0.39 is 21.1 Å². The number of aryl methyl sites for hydroxylation is 1. The maximum Gasteiger partial charge on any atom is 0.336 e. The molecule has 0 bridgehead atoms. The van der Waals surface area contributed by atoms with Crippen LogP contribution in [0.25, 0.3) is 4.83 Å². The fourth-order valence-corrected chi connectivity index (χ4v) is 4.94. The highest BCUT2D eigenvalue weighted by atomic mass is 32.2. The molecule has 3 heterocycles. The highest BCUT2D eigenvalue weighted by molar-refractivity contribution is 7.90. The topological polar surface area (TPSA) is 120 Å². The van der Waals surface area contributed by atoms with Gasteiger partial charge in [-0.3, -0.25) is 23.5 Å². The molecule has 0 aliphatic heterocycles. The van der Waals surface area contributed by atoms with E-state index in [-0.39, 0.29) is 17.3 Å². The third-order valence-corrected chi connectivity index (χ3v) is 7.45. The predicted octanol–water partition coefficient (Wildman–Crippen LogP) is 1.61. The summed E-state index contributed by atoms with van der Waals surface area (Å²) in [4.78, 5) is 43.3. The summed E-state index contributed by atoms with van der Waals surface area (Å²) in [6.45, 7) is 1.89. The number of carbonyl (C=O) groups is 1. The van der Waals surface area contributed by atoms with Crippen LogP contribution >= 0.6 is 11.3 Å². The summed E-state index contributed by atoms with van der Waals surface area (Å²) >= 11 is 1.07. The molecule has 0 radical (unpaired) electrons. The SMILES string of the molecule is Cc1c(=O)n(Cc2ccc(S(C)(=O)=O)cc2)c(=O)n2cc(C(=O)NCc3ccncc3)sc12. The molecule has 0 saturated carbocycles. The zero-order valence-electron chi connectivity index (χ0n) is 17.8. The second-order valence-corrected chi connectivity index (χ2v) is 10.6. The van der Waals surface area contributed by atoms with Crippen LogP contribution in [0.3, 0.4) is 0 Å². The zero-order valence-corrected chi connectivity index (χ0v) is 19.4. The van der Waals surface area contributed by atoms with Crippen molar-refractivity contribution in [1.29, 1.82) is 0 Å². The highest BCUT2D eigenvalue weighted by Crippen LogP contribution is 2.18. The van der Waals surface area contributed by atoms with E-state index in [1.165, 1.54) is 22.7 Å². The third-order valence-electron chi connectivity index (χ3n) is 5.11. The molecule has 0 aliphatic rings. The van der Waals surface area contributed by atoms with Gasteiger partial charge in [0.1, 0.15) is 9.71 Å². The summed E-state index contributed by atoms with van der Waals surface area (Å²) in [5, 5.41) is 2.80. The number of rotatable bonds is 6. The first-order valence-corrected chi connectivity index (χ1v) is 12.6. The Bertz CT molecular complexity index is 1570. The number of fused-ring (bicyclic) bond motifs is 1. The average Bonchev–Trinajstić information content (AvgIpc) is 3.25. The van der Waals surface area contributed by atoms with Crippen molar-refractivity contribution in [3.63, 3.8) is 0 Å². The van der Waals surface area contributed by atoms with Crippen LogP contribution in [0.1, 0.15) is 26.4 Å². The molecule has 4 aromatic rings. The van der Waals surface area contributed by atoms with Crippen molar-refractivity contribution >= 4 is 31.9 Å². The van der Waals surface area contributed by atoms with Gasteiger partial charge >= 0.3 is 5.69 Å². The smallest absolute Gasteiger partial charge is 0.336 e. The van der Waals surface area contributed by atoms with Gasteiger partial charge in [-0.2, -0.15) is 0 Å². The summed E-state index contributed by atoms with van der Waals surface area (Å²) in [5.41, 5.74) is 0.802. The Kier molecular flexibility index (Phi) is 6.00. The van der Waals surface area contributed by atoms with Crippen molar-refractivity contribution in [2.75, 3.05) is 6.26 Å². The minimum absolute atomic E-state index is 0.0229. The number of nitrogens with zero attached hydrogens (tertiary/aromatic N) is 3. The number of carbonyl (C=O) groups excluding carboxylic acids is 1. The molecule has 33 heavy (non-hydrogen) atoms. The average molecular weight is 485 g/mol. The van der Waals surface area contributed by atoms with Crippen molar-refractivity contribution in [1.82, 2.24) is 19.3 Å². The third kappa shape index (κ3) is 4.64. The number of sulfone groups is 1. The molecule has 0 atom stereocenters. The first-order valence-electron chi connectivity index (χ1n) is 9.87. The molecule has 1 aromatic carbocycles. The number of thiazole rings is 1. The van der Waals surface area contributed by atoms with Gasteiger partial charge in [-0.25, -0.2) is 13.2 Å². The van der Waals surface area contributed by atoms with E-state index in [1.54, 1.807) is 43.6 Å². The van der Waals surface area contributed by atoms with Crippen LogP contribution in [-0.2, 0) is 22.9 Å². The van der Waals surface area contributed by atoms with E-state index in [0.29, 0.717) is 27.4 Å². The largest absolute Gasteiger partial charge is 0.347 e. The van der Waals surface area contributed by atoms with Gasteiger partial charge in [0.25, 0.3) is 11.5 Å². The Balaban J connectivity index is 1.65. The lowest BCUT2D eigenvalue weighted by Gasteiger charge is -2.08. The van der Waals surface area contributed by atoms with E-state index in [4.69, 9.17) is 0 Å². The molecule has 0 fully saturated rings. The van der Waals surface area contributed by atoms with Gasteiger partial charge in [0, 0.05) is 37.0 Å². The Hall–Kier alpha value is -3.57.